The van der Waals surface area contributed by atoms with Gasteiger partial charge in [-0.05, 0) is 38.0 Å². The molecule has 1 amide bonds. The Balaban J connectivity index is 1.77. The molecule has 1 heterocycles. The Hall–Kier alpha value is -0.570. The van der Waals surface area contributed by atoms with Crippen LogP contribution in [0, 0.1) is 11.8 Å². The molecule has 0 spiro atoms. The zero-order chi connectivity index (χ0) is 11.5. The lowest BCUT2D eigenvalue weighted by Gasteiger charge is -2.19. The number of hydrogen-bond donors (Lipinski definition) is 1. The maximum absolute atomic E-state index is 12.1. The standard InChI is InChI=1S/C13H24N2O/c1-10(14)12-6-7-15(9-12)13(16)8-11-4-2-3-5-11/h10-12H,2-9,14H2,1H3. The highest BCUT2D eigenvalue weighted by molar-refractivity contribution is 5.76. The van der Waals surface area contributed by atoms with Gasteiger partial charge in [0.05, 0.1) is 0 Å². The van der Waals surface area contributed by atoms with Crippen LogP contribution in [0.3, 0.4) is 0 Å². The molecule has 2 rings (SSSR count). The van der Waals surface area contributed by atoms with Crippen molar-refractivity contribution in [1.82, 2.24) is 4.90 Å². The molecule has 1 aliphatic carbocycles. The summed E-state index contributed by atoms with van der Waals surface area (Å²) in [5.74, 6) is 1.56. The number of rotatable bonds is 3. The van der Waals surface area contributed by atoms with Crippen LogP contribution in [0.15, 0.2) is 0 Å². The van der Waals surface area contributed by atoms with Crippen LogP contribution >= 0.6 is 0 Å². The zero-order valence-corrected chi connectivity index (χ0v) is 10.3. The van der Waals surface area contributed by atoms with Crippen LogP contribution in [0.2, 0.25) is 0 Å². The number of amides is 1. The van der Waals surface area contributed by atoms with E-state index in [9.17, 15) is 4.79 Å². The second-order valence-corrected chi connectivity index (χ2v) is 5.60. The number of nitrogens with two attached hydrogens (primary N) is 1. The van der Waals surface area contributed by atoms with Crippen LogP contribution in [0.1, 0.15) is 45.4 Å². The summed E-state index contributed by atoms with van der Waals surface area (Å²) in [7, 11) is 0. The fourth-order valence-electron chi connectivity index (χ4n) is 3.03. The lowest BCUT2D eigenvalue weighted by molar-refractivity contribution is -0.131. The lowest BCUT2D eigenvalue weighted by Crippen LogP contribution is -2.33. The highest BCUT2D eigenvalue weighted by atomic mass is 16.2. The van der Waals surface area contributed by atoms with E-state index in [-0.39, 0.29) is 6.04 Å². The molecular formula is C13H24N2O. The smallest absolute Gasteiger partial charge is 0.222 e. The third-order valence-electron chi connectivity index (χ3n) is 4.26. The SMILES string of the molecule is CC(N)C1CCN(C(=O)CC2CCCC2)C1. The predicted molar refractivity (Wildman–Crippen MR) is 64.9 cm³/mol. The Labute approximate surface area is 98.4 Å². The molecule has 2 N–H and O–H groups in total. The Morgan fingerprint density at radius 1 is 1.38 bits per heavy atom. The van der Waals surface area contributed by atoms with Gasteiger partial charge in [0.25, 0.3) is 0 Å². The molecule has 16 heavy (non-hydrogen) atoms. The van der Waals surface area contributed by atoms with Crippen molar-refractivity contribution < 1.29 is 4.79 Å². The summed E-state index contributed by atoms with van der Waals surface area (Å²) >= 11 is 0. The van der Waals surface area contributed by atoms with E-state index < -0.39 is 0 Å². The van der Waals surface area contributed by atoms with Crippen molar-refractivity contribution in [2.45, 2.75) is 51.5 Å². The van der Waals surface area contributed by atoms with Gasteiger partial charge in [0.15, 0.2) is 0 Å². The van der Waals surface area contributed by atoms with Gasteiger partial charge in [0, 0.05) is 25.6 Å². The van der Waals surface area contributed by atoms with Crippen molar-refractivity contribution in [2.75, 3.05) is 13.1 Å². The number of nitrogens with zero attached hydrogens (tertiary/aromatic N) is 1. The van der Waals surface area contributed by atoms with Crippen LogP contribution in [-0.4, -0.2) is 29.9 Å². The van der Waals surface area contributed by atoms with E-state index in [0.717, 1.165) is 25.9 Å². The van der Waals surface area contributed by atoms with E-state index in [1.807, 2.05) is 4.90 Å². The highest BCUT2D eigenvalue weighted by Gasteiger charge is 2.29. The monoisotopic (exact) mass is 224 g/mol. The molecule has 0 radical (unpaired) electrons. The van der Waals surface area contributed by atoms with Gasteiger partial charge in [0.1, 0.15) is 0 Å². The molecule has 2 atom stereocenters. The summed E-state index contributed by atoms with van der Waals surface area (Å²) in [6.45, 7) is 3.87. The second kappa shape index (κ2) is 5.17. The molecule has 1 saturated heterocycles. The molecule has 1 saturated carbocycles. The quantitative estimate of drug-likeness (QED) is 0.794. The van der Waals surface area contributed by atoms with Crippen molar-refractivity contribution in [1.29, 1.82) is 0 Å². The van der Waals surface area contributed by atoms with Gasteiger partial charge in [0.2, 0.25) is 5.91 Å². The zero-order valence-electron chi connectivity index (χ0n) is 10.3. The molecule has 0 aromatic rings. The highest BCUT2D eigenvalue weighted by Crippen LogP contribution is 2.29. The Kier molecular flexibility index (Phi) is 3.85. The topological polar surface area (TPSA) is 46.3 Å². The first-order chi connectivity index (χ1) is 7.66. The normalized spacial score (nSPS) is 28.6. The Morgan fingerprint density at radius 2 is 2.06 bits per heavy atom. The van der Waals surface area contributed by atoms with Gasteiger partial charge in [-0.1, -0.05) is 12.8 Å². The average molecular weight is 224 g/mol. The summed E-state index contributed by atoms with van der Waals surface area (Å²) in [6, 6.07) is 0.226. The Morgan fingerprint density at radius 3 is 2.62 bits per heavy atom. The molecule has 2 aliphatic rings. The van der Waals surface area contributed by atoms with E-state index in [2.05, 4.69) is 6.92 Å². The third kappa shape index (κ3) is 2.76. The minimum Gasteiger partial charge on any atom is -0.342 e. The van der Waals surface area contributed by atoms with Crippen LogP contribution in [-0.2, 0) is 4.79 Å². The molecule has 0 bridgehead atoms. The summed E-state index contributed by atoms with van der Waals surface area (Å²) in [4.78, 5) is 14.1. The summed E-state index contributed by atoms with van der Waals surface area (Å²) in [5.41, 5.74) is 5.89. The van der Waals surface area contributed by atoms with E-state index in [1.165, 1.54) is 25.7 Å². The lowest BCUT2D eigenvalue weighted by atomic mass is 10.0. The molecule has 2 unspecified atom stereocenters. The van der Waals surface area contributed by atoms with Crippen molar-refractivity contribution >= 4 is 5.91 Å². The fourth-order valence-corrected chi connectivity index (χ4v) is 3.03. The van der Waals surface area contributed by atoms with Crippen molar-refractivity contribution in [3.05, 3.63) is 0 Å². The van der Waals surface area contributed by atoms with E-state index in [0.29, 0.717) is 17.7 Å². The fraction of sp³-hybridized carbons (Fsp3) is 0.923. The number of carbonyl (C=O) groups is 1. The van der Waals surface area contributed by atoms with Crippen LogP contribution in [0.4, 0.5) is 0 Å². The maximum atomic E-state index is 12.1. The minimum absolute atomic E-state index is 0.226. The molecule has 1 aliphatic heterocycles. The molecular weight excluding hydrogens is 200 g/mol. The summed E-state index contributed by atoms with van der Waals surface area (Å²) in [5, 5.41) is 0. The molecule has 2 fully saturated rings. The van der Waals surface area contributed by atoms with Gasteiger partial charge in [-0.25, -0.2) is 0 Å². The number of likely N-dealkylation sites (tertiary alicyclic amines) is 1. The van der Waals surface area contributed by atoms with Gasteiger partial charge >= 0.3 is 0 Å². The number of hydrogen-bond acceptors (Lipinski definition) is 2. The second-order valence-electron chi connectivity index (χ2n) is 5.60. The molecule has 3 heteroatoms. The molecule has 3 nitrogen and oxygen atoms in total. The molecule has 0 aromatic heterocycles. The van der Waals surface area contributed by atoms with Crippen LogP contribution < -0.4 is 5.73 Å². The largest absolute Gasteiger partial charge is 0.342 e. The first kappa shape index (κ1) is 11.9. The van der Waals surface area contributed by atoms with E-state index in [4.69, 9.17) is 5.73 Å². The van der Waals surface area contributed by atoms with Gasteiger partial charge < -0.3 is 10.6 Å². The van der Waals surface area contributed by atoms with E-state index >= 15 is 0 Å². The molecule has 92 valence electrons. The third-order valence-corrected chi connectivity index (χ3v) is 4.26. The first-order valence-corrected chi connectivity index (χ1v) is 6.70. The van der Waals surface area contributed by atoms with Crippen LogP contribution in [0.5, 0.6) is 0 Å². The maximum Gasteiger partial charge on any atom is 0.222 e. The van der Waals surface area contributed by atoms with E-state index in [1.54, 1.807) is 0 Å². The predicted octanol–water partition coefficient (Wildman–Crippen LogP) is 1.76. The average Bonchev–Trinajstić information content (AvgIpc) is 2.86. The Bertz CT molecular complexity index is 246. The van der Waals surface area contributed by atoms with Crippen molar-refractivity contribution in [3.63, 3.8) is 0 Å². The van der Waals surface area contributed by atoms with Gasteiger partial charge in [-0.3, -0.25) is 4.79 Å². The summed E-state index contributed by atoms with van der Waals surface area (Å²) < 4.78 is 0. The number of carbonyl (C=O) groups excluding carboxylic acids is 1. The van der Waals surface area contributed by atoms with Gasteiger partial charge in [-0.15, -0.1) is 0 Å². The van der Waals surface area contributed by atoms with Crippen molar-refractivity contribution in [3.8, 4) is 0 Å². The summed E-state index contributed by atoms with van der Waals surface area (Å²) in [6.07, 6.45) is 7.03. The van der Waals surface area contributed by atoms with Crippen molar-refractivity contribution in [2.24, 2.45) is 17.6 Å². The molecule has 0 aromatic carbocycles. The minimum atomic E-state index is 0.226. The van der Waals surface area contributed by atoms with Gasteiger partial charge in [-0.2, -0.15) is 0 Å². The van der Waals surface area contributed by atoms with Crippen LogP contribution in [0.25, 0.3) is 0 Å². The first-order valence-electron chi connectivity index (χ1n) is 6.70.